The van der Waals surface area contributed by atoms with Crippen LogP contribution in [0.15, 0.2) is 24.3 Å². The van der Waals surface area contributed by atoms with Gasteiger partial charge in [0, 0.05) is 7.05 Å². The maximum atomic E-state index is 10.3. The zero-order chi connectivity index (χ0) is 12.9. The first kappa shape index (κ1) is 11.5. The molecule has 1 fully saturated rings. The molecule has 1 aromatic carbocycles. The quantitative estimate of drug-likeness (QED) is 0.877. The number of aliphatic hydroxyl groups is 1. The summed E-state index contributed by atoms with van der Waals surface area (Å²) in [5.41, 5.74) is 1.58. The van der Waals surface area contributed by atoms with Crippen molar-refractivity contribution in [2.45, 2.75) is 19.4 Å². The van der Waals surface area contributed by atoms with Crippen LogP contribution in [0.25, 0.3) is 11.0 Å². The van der Waals surface area contributed by atoms with Crippen LogP contribution in [0, 0.1) is 5.92 Å². The number of anilines is 1. The van der Waals surface area contributed by atoms with Gasteiger partial charge in [-0.15, -0.1) is 0 Å². The molecule has 0 aliphatic carbocycles. The number of imidazole rings is 1. The van der Waals surface area contributed by atoms with E-state index in [1.54, 1.807) is 0 Å². The summed E-state index contributed by atoms with van der Waals surface area (Å²) >= 11 is 0. The van der Waals surface area contributed by atoms with Gasteiger partial charge in [-0.2, -0.15) is 0 Å². The fraction of sp³-hybridized carbons (Fsp3) is 0.500. The molecule has 4 nitrogen and oxygen atoms in total. The molecule has 0 amide bonds. The number of β-amino-alcohol motifs (C(OH)–C–C–N with tert-alkyl or cyclic N) is 1. The van der Waals surface area contributed by atoms with Crippen molar-refractivity contribution in [3.63, 3.8) is 0 Å². The monoisotopic (exact) mass is 245 g/mol. The Hall–Kier alpha value is -1.55. The molecule has 0 unspecified atom stereocenters. The fourth-order valence-electron chi connectivity index (χ4n) is 2.54. The molecule has 1 aromatic heterocycles. The number of hydrogen-bond donors (Lipinski definition) is 1. The molecule has 2 aromatic rings. The molecule has 0 saturated carbocycles. The molecule has 1 aliphatic heterocycles. The van der Waals surface area contributed by atoms with Gasteiger partial charge in [0.05, 0.1) is 24.1 Å². The first-order valence-electron chi connectivity index (χ1n) is 6.40. The van der Waals surface area contributed by atoms with E-state index in [-0.39, 0.29) is 5.92 Å². The minimum Gasteiger partial charge on any atom is -0.386 e. The van der Waals surface area contributed by atoms with Crippen LogP contribution >= 0.6 is 0 Å². The highest BCUT2D eigenvalue weighted by Gasteiger charge is 2.45. The Morgan fingerprint density at radius 3 is 2.56 bits per heavy atom. The Bertz CT molecular complexity index is 582. The lowest BCUT2D eigenvalue weighted by molar-refractivity contribution is -0.0310. The minimum absolute atomic E-state index is 0.281. The van der Waals surface area contributed by atoms with Gasteiger partial charge in [-0.3, -0.25) is 0 Å². The van der Waals surface area contributed by atoms with Crippen molar-refractivity contribution in [1.82, 2.24) is 9.55 Å². The van der Waals surface area contributed by atoms with Crippen molar-refractivity contribution < 1.29 is 5.11 Å². The lowest BCUT2D eigenvalue weighted by Crippen LogP contribution is -2.65. The largest absolute Gasteiger partial charge is 0.386 e. The summed E-state index contributed by atoms with van der Waals surface area (Å²) in [5, 5.41) is 10.3. The Morgan fingerprint density at radius 2 is 1.94 bits per heavy atom. The number of hydrogen-bond acceptors (Lipinski definition) is 3. The molecule has 2 heterocycles. The summed E-state index contributed by atoms with van der Waals surface area (Å²) in [5.74, 6) is 1.23. The lowest BCUT2D eigenvalue weighted by atomic mass is 9.83. The third-order valence-corrected chi connectivity index (χ3v) is 4.05. The Kier molecular flexibility index (Phi) is 2.38. The van der Waals surface area contributed by atoms with E-state index in [1.807, 2.05) is 25.2 Å². The molecular weight excluding hydrogens is 226 g/mol. The Balaban J connectivity index is 1.91. The molecule has 18 heavy (non-hydrogen) atoms. The van der Waals surface area contributed by atoms with Gasteiger partial charge in [0.2, 0.25) is 5.95 Å². The standard InChI is InChI=1S/C14H19N3O/c1-10(2)14(18)8-17(9-14)13-15-11-6-4-5-7-12(11)16(13)3/h4-7,10,18H,8-9H2,1-3H3. The van der Waals surface area contributed by atoms with Crippen LogP contribution in [-0.2, 0) is 7.05 Å². The molecule has 0 atom stereocenters. The number of nitrogens with zero attached hydrogens (tertiary/aromatic N) is 3. The van der Waals surface area contributed by atoms with E-state index in [1.165, 1.54) is 0 Å². The summed E-state index contributed by atoms with van der Waals surface area (Å²) in [6.45, 7) is 5.46. The van der Waals surface area contributed by atoms with E-state index >= 15 is 0 Å². The summed E-state index contributed by atoms with van der Waals surface area (Å²) in [4.78, 5) is 6.78. The zero-order valence-corrected chi connectivity index (χ0v) is 11.1. The van der Waals surface area contributed by atoms with Gasteiger partial charge >= 0.3 is 0 Å². The second-order valence-corrected chi connectivity index (χ2v) is 5.57. The maximum Gasteiger partial charge on any atom is 0.206 e. The summed E-state index contributed by atoms with van der Waals surface area (Å²) in [6, 6.07) is 8.11. The zero-order valence-electron chi connectivity index (χ0n) is 11.1. The second kappa shape index (κ2) is 3.72. The van der Waals surface area contributed by atoms with Gasteiger partial charge < -0.3 is 14.6 Å². The highest BCUT2D eigenvalue weighted by Crippen LogP contribution is 2.33. The number of aromatic nitrogens is 2. The van der Waals surface area contributed by atoms with Crippen molar-refractivity contribution in [3.8, 4) is 0 Å². The van der Waals surface area contributed by atoms with Gasteiger partial charge in [-0.05, 0) is 18.1 Å². The maximum absolute atomic E-state index is 10.3. The number of fused-ring (bicyclic) bond motifs is 1. The van der Waals surface area contributed by atoms with Crippen molar-refractivity contribution in [2.24, 2.45) is 13.0 Å². The smallest absolute Gasteiger partial charge is 0.206 e. The molecule has 0 radical (unpaired) electrons. The van der Waals surface area contributed by atoms with Crippen LogP contribution in [0.5, 0.6) is 0 Å². The van der Waals surface area contributed by atoms with Gasteiger partial charge in [0.15, 0.2) is 0 Å². The number of benzene rings is 1. The average Bonchev–Trinajstić information content (AvgIpc) is 2.63. The van der Waals surface area contributed by atoms with Crippen molar-refractivity contribution >= 4 is 17.0 Å². The average molecular weight is 245 g/mol. The topological polar surface area (TPSA) is 41.3 Å². The highest BCUT2D eigenvalue weighted by atomic mass is 16.3. The molecule has 96 valence electrons. The van der Waals surface area contributed by atoms with E-state index in [0.29, 0.717) is 13.1 Å². The molecule has 0 spiro atoms. The second-order valence-electron chi connectivity index (χ2n) is 5.57. The van der Waals surface area contributed by atoms with E-state index < -0.39 is 5.60 Å². The first-order chi connectivity index (χ1) is 8.51. The molecule has 0 bridgehead atoms. The molecule has 1 N–H and O–H groups in total. The van der Waals surface area contributed by atoms with E-state index in [9.17, 15) is 5.11 Å². The summed E-state index contributed by atoms with van der Waals surface area (Å²) in [6.07, 6.45) is 0. The molecule has 1 aliphatic rings. The van der Waals surface area contributed by atoms with Crippen molar-refractivity contribution in [2.75, 3.05) is 18.0 Å². The molecule has 4 heteroatoms. The third kappa shape index (κ3) is 1.52. The van der Waals surface area contributed by atoms with Gasteiger partial charge in [0.25, 0.3) is 0 Å². The van der Waals surface area contributed by atoms with Crippen molar-refractivity contribution in [1.29, 1.82) is 0 Å². The van der Waals surface area contributed by atoms with Crippen LogP contribution in [-0.4, -0.2) is 33.3 Å². The van der Waals surface area contributed by atoms with Gasteiger partial charge in [-0.25, -0.2) is 4.98 Å². The number of aryl methyl sites for hydroxylation is 1. The van der Waals surface area contributed by atoms with Crippen LogP contribution in [0.2, 0.25) is 0 Å². The van der Waals surface area contributed by atoms with Gasteiger partial charge in [-0.1, -0.05) is 26.0 Å². The van der Waals surface area contributed by atoms with Crippen molar-refractivity contribution in [3.05, 3.63) is 24.3 Å². The predicted molar refractivity (Wildman–Crippen MR) is 72.7 cm³/mol. The SMILES string of the molecule is CC(C)C1(O)CN(c2nc3ccccc3n2C)C1. The highest BCUT2D eigenvalue weighted by molar-refractivity contribution is 5.78. The van der Waals surface area contributed by atoms with Gasteiger partial charge in [0.1, 0.15) is 5.60 Å². The Morgan fingerprint density at radius 1 is 1.28 bits per heavy atom. The number of rotatable bonds is 2. The normalized spacial score (nSPS) is 18.4. The third-order valence-electron chi connectivity index (χ3n) is 4.05. The van der Waals surface area contributed by atoms with E-state index in [2.05, 4.69) is 34.4 Å². The fourth-order valence-corrected chi connectivity index (χ4v) is 2.54. The van der Waals surface area contributed by atoms with Crippen LogP contribution in [0.4, 0.5) is 5.95 Å². The Labute approximate surface area is 107 Å². The van der Waals surface area contributed by atoms with Crippen LogP contribution < -0.4 is 4.90 Å². The summed E-state index contributed by atoms with van der Waals surface area (Å²) < 4.78 is 2.09. The van der Waals surface area contributed by atoms with E-state index in [4.69, 9.17) is 0 Å². The predicted octanol–water partition coefficient (Wildman–Crippen LogP) is 1.78. The van der Waals surface area contributed by atoms with Crippen LogP contribution in [0.3, 0.4) is 0 Å². The molecule has 1 saturated heterocycles. The lowest BCUT2D eigenvalue weighted by Gasteiger charge is -2.49. The first-order valence-corrected chi connectivity index (χ1v) is 6.40. The van der Waals surface area contributed by atoms with E-state index in [0.717, 1.165) is 17.0 Å². The molecule has 3 rings (SSSR count). The van der Waals surface area contributed by atoms with Crippen LogP contribution in [0.1, 0.15) is 13.8 Å². The summed E-state index contributed by atoms with van der Waals surface area (Å²) in [7, 11) is 2.03. The minimum atomic E-state index is -0.557. The number of para-hydroxylation sites is 2. The molecular formula is C14H19N3O.